The van der Waals surface area contributed by atoms with E-state index in [4.69, 9.17) is 40.7 Å². The third kappa shape index (κ3) is 11.7. The van der Waals surface area contributed by atoms with Crippen LogP contribution in [-0.4, -0.2) is 68.1 Å². The lowest BCUT2D eigenvalue weighted by molar-refractivity contribution is -0.193. The van der Waals surface area contributed by atoms with Crippen LogP contribution < -0.4 is 26.3 Å². The number of nitrogens with zero attached hydrogens (tertiary/aromatic N) is 2. The Morgan fingerprint density at radius 2 is 1.55 bits per heavy atom. The van der Waals surface area contributed by atoms with Crippen LogP contribution in [0.25, 0.3) is 22.0 Å². The van der Waals surface area contributed by atoms with Gasteiger partial charge in [-0.1, -0.05) is 18.2 Å². The summed E-state index contributed by atoms with van der Waals surface area (Å²) < 4.78 is 91.2. The first kappa shape index (κ1) is 42.8. The van der Waals surface area contributed by atoms with Gasteiger partial charge in [0.1, 0.15) is 23.4 Å². The van der Waals surface area contributed by atoms with E-state index >= 15 is 4.39 Å². The number of pyridine rings is 1. The second kappa shape index (κ2) is 18.0. The molecule has 2 heterocycles. The number of hydrogen-bond donors (Lipinski definition) is 6. The van der Waals surface area contributed by atoms with Gasteiger partial charge in [0.05, 0.1) is 24.6 Å². The number of aliphatic carboxylic acids is 2. The van der Waals surface area contributed by atoms with Gasteiger partial charge < -0.3 is 41.5 Å². The summed E-state index contributed by atoms with van der Waals surface area (Å²) in [6, 6.07) is 16.8. The van der Waals surface area contributed by atoms with Gasteiger partial charge in [0, 0.05) is 40.0 Å². The molecule has 294 valence electrons. The number of rotatable bonds is 10. The largest absolute Gasteiger partial charge is 0.494 e. The van der Waals surface area contributed by atoms with Gasteiger partial charge in [-0.05, 0) is 62.6 Å². The highest BCUT2D eigenvalue weighted by Gasteiger charge is 2.39. The fourth-order valence-electron chi connectivity index (χ4n) is 4.70. The van der Waals surface area contributed by atoms with Crippen molar-refractivity contribution in [2.75, 3.05) is 17.7 Å². The minimum atomic E-state index is -5.08. The zero-order valence-corrected chi connectivity index (χ0v) is 28.9. The molecule has 0 aliphatic rings. The van der Waals surface area contributed by atoms with Crippen LogP contribution in [0.15, 0.2) is 73.1 Å². The molecule has 5 rings (SSSR count). The Kier molecular flexibility index (Phi) is 14.0. The predicted octanol–water partition coefficient (Wildman–Crippen LogP) is 7.10. The molecule has 0 aliphatic heterocycles. The molecule has 1 unspecified atom stereocenters. The number of carbonyl (C=O) groups excluding carboxylic acids is 1. The minimum Gasteiger partial charge on any atom is -0.494 e. The molecule has 13 nitrogen and oxygen atoms in total. The number of nitrogens with two attached hydrogens (primary N) is 2. The fourth-order valence-corrected chi connectivity index (χ4v) is 4.70. The third-order valence-corrected chi connectivity index (χ3v) is 6.97. The van der Waals surface area contributed by atoms with Crippen LogP contribution in [0.1, 0.15) is 48.6 Å². The molecule has 55 heavy (non-hydrogen) atoms. The normalized spacial score (nSPS) is 11.8. The standard InChI is InChI=1S/C31H31FN6O3.2C2HF3O2/c1-4-40-20-14-24(27(32)26(15-20)41-17(2)3)28(37-19-9-10-21-18(13-19)11-12-35-29(21)33)31-36-16-25(38-31)22-7-5-6-8-23(22)30(34)39;2*3-2(4,5)1(6)7/h5-17,28,37H,4H2,1-3H3,(H2,33,35)(H2,34,39)(H,36,38);2*(H,6,7). The molecule has 0 saturated carbocycles. The van der Waals surface area contributed by atoms with Crippen molar-refractivity contribution in [1.29, 1.82) is 0 Å². The van der Waals surface area contributed by atoms with Gasteiger partial charge in [-0.2, -0.15) is 26.3 Å². The van der Waals surface area contributed by atoms with Gasteiger partial charge in [0.2, 0.25) is 5.91 Å². The maximum Gasteiger partial charge on any atom is 0.490 e. The van der Waals surface area contributed by atoms with Gasteiger partial charge in [0.25, 0.3) is 0 Å². The van der Waals surface area contributed by atoms with E-state index in [0.29, 0.717) is 46.5 Å². The van der Waals surface area contributed by atoms with E-state index < -0.39 is 42.1 Å². The Hall–Kier alpha value is -6.60. The van der Waals surface area contributed by atoms with Gasteiger partial charge in [-0.25, -0.2) is 23.9 Å². The van der Waals surface area contributed by atoms with Crippen molar-refractivity contribution in [2.45, 2.75) is 45.3 Å². The number of aromatic nitrogens is 3. The number of primary amides is 1. The monoisotopic (exact) mass is 782 g/mol. The average Bonchev–Trinajstić information content (AvgIpc) is 3.58. The highest BCUT2D eigenvalue weighted by Crippen LogP contribution is 2.37. The number of ether oxygens (including phenoxy) is 2. The van der Waals surface area contributed by atoms with Crippen LogP contribution in [-0.2, 0) is 9.59 Å². The number of carbonyl (C=O) groups is 3. The van der Waals surface area contributed by atoms with E-state index in [9.17, 15) is 31.1 Å². The Morgan fingerprint density at radius 3 is 2.11 bits per heavy atom. The van der Waals surface area contributed by atoms with Crippen LogP contribution >= 0.6 is 0 Å². The molecule has 20 heteroatoms. The number of amides is 1. The molecule has 8 N–H and O–H groups in total. The number of carboxylic acids is 2. The summed E-state index contributed by atoms with van der Waals surface area (Å²) in [5, 5.41) is 19.3. The summed E-state index contributed by atoms with van der Waals surface area (Å²) in [6.07, 6.45) is -7.20. The molecular formula is C35H33F7N6O7. The Bertz CT molecular complexity index is 2120. The second-order valence-corrected chi connectivity index (χ2v) is 11.3. The van der Waals surface area contributed by atoms with Crippen molar-refractivity contribution in [3.8, 4) is 22.8 Å². The number of benzene rings is 3. The molecule has 5 aromatic rings. The van der Waals surface area contributed by atoms with Crippen molar-refractivity contribution in [2.24, 2.45) is 5.73 Å². The molecule has 0 saturated heterocycles. The number of hydrogen-bond acceptors (Lipinski definition) is 9. The number of fused-ring (bicyclic) bond motifs is 1. The van der Waals surface area contributed by atoms with E-state index in [1.807, 2.05) is 45.0 Å². The van der Waals surface area contributed by atoms with Crippen molar-refractivity contribution >= 4 is 40.1 Å². The molecule has 0 bridgehead atoms. The molecule has 2 aromatic heterocycles. The summed E-state index contributed by atoms with van der Waals surface area (Å²) in [5.41, 5.74) is 14.1. The van der Waals surface area contributed by atoms with Crippen LogP contribution in [0.4, 0.5) is 42.2 Å². The zero-order chi connectivity index (χ0) is 41.2. The predicted molar refractivity (Wildman–Crippen MR) is 185 cm³/mol. The number of halogens is 7. The summed E-state index contributed by atoms with van der Waals surface area (Å²) in [6.45, 7) is 5.89. The number of aromatic amines is 1. The molecule has 3 aromatic carbocycles. The lowest BCUT2D eigenvalue weighted by atomic mass is 10.0. The van der Waals surface area contributed by atoms with E-state index in [0.717, 1.165) is 10.8 Å². The summed E-state index contributed by atoms with van der Waals surface area (Å²) in [5.74, 6) is -5.30. The molecule has 0 aliphatic carbocycles. The molecule has 1 amide bonds. The number of H-pyrrole nitrogens is 1. The number of carboxylic acid groups (broad SMARTS) is 2. The lowest BCUT2D eigenvalue weighted by Crippen LogP contribution is -2.21. The SMILES string of the molecule is CCOc1cc(OC(C)C)c(F)c(C(Nc2ccc3c(N)nccc3c2)c2ncc(-c3ccccc3C(N)=O)[nH]2)c1.O=C(O)C(F)(F)F.O=C(O)C(F)(F)F. The number of nitrogen functional groups attached to an aromatic ring is 1. The van der Waals surface area contributed by atoms with Gasteiger partial charge in [0.15, 0.2) is 11.6 Å². The Balaban J connectivity index is 0.000000494. The van der Waals surface area contributed by atoms with Gasteiger partial charge in [-0.3, -0.25) is 4.79 Å². The summed E-state index contributed by atoms with van der Waals surface area (Å²) in [4.78, 5) is 41.9. The van der Waals surface area contributed by atoms with Crippen LogP contribution in [0.3, 0.4) is 0 Å². The number of anilines is 2. The number of imidazole rings is 1. The average molecular weight is 783 g/mol. The first-order valence-electron chi connectivity index (χ1n) is 15.7. The van der Waals surface area contributed by atoms with Crippen molar-refractivity contribution in [1.82, 2.24) is 15.0 Å². The minimum absolute atomic E-state index is 0.0657. The van der Waals surface area contributed by atoms with Crippen molar-refractivity contribution in [3.63, 3.8) is 0 Å². The van der Waals surface area contributed by atoms with E-state index in [-0.39, 0.29) is 17.4 Å². The molecule has 1 atom stereocenters. The summed E-state index contributed by atoms with van der Waals surface area (Å²) in [7, 11) is 0. The number of alkyl halides is 6. The fraction of sp³-hybridized carbons (Fsp3) is 0.229. The Morgan fingerprint density at radius 1 is 0.927 bits per heavy atom. The molecular weight excluding hydrogens is 749 g/mol. The first-order valence-corrected chi connectivity index (χ1v) is 15.7. The van der Waals surface area contributed by atoms with Crippen molar-refractivity contribution < 1.29 is 64.8 Å². The zero-order valence-electron chi connectivity index (χ0n) is 28.9. The highest BCUT2D eigenvalue weighted by molar-refractivity contribution is 5.99. The Labute approximate surface area is 307 Å². The molecule has 0 radical (unpaired) electrons. The van der Waals surface area contributed by atoms with Gasteiger partial charge in [-0.15, -0.1) is 0 Å². The van der Waals surface area contributed by atoms with Gasteiger partial charge >= 0.3 is 24.3 Å². The maximum atomic E-state index is 16.1. The smallest absolute Gasteiger partial charge is 0.490 e. The second-order valence-electron chi connectivity index (χ2n) is 11.3. The third-order valence-electron chi connectivity index (χ3n) is 6.97. The van der Waals surface area contributed by atoms with E-state index in [1.54, 1.807) is 48.8 Å². The quantitative estimate of drug-likeness (QED) is 0.0786. The molecule has 0 spiro atoms. The van der Waals surface area contributed by atoms with E-state index in [1.165, 1.54) is 0 Å². The maximum absolute atomic E-state index is 16.1. The summed E-state index contributed by atoms with van der Waals surface area (Å²) >= 11 is 0. The van der Waals surface area contributed by atoms with Crippen molar-refractivity contribution in [3.05, 3.63) is 95.8 Å². The van der Waals surface area contributed by atoms with Crippen LogP contribution in [0.5, 0.6) is 11.5 Å². The van der Waals surface area contributed by atoms with Crippen LogP contribution in [0.2, 0.25) is 0 Å². The van der Waals surface area contributed by atoms with Crippen LogP contribution in [0, 0.1) is 5.82 Å². The number of nitrogens with one attached hydrogen (secondary N) is 2. The molecule has 0 fully saturated rings. The first-order chi connectivity index (χ1) is 25.6. The highest BCUT2D eigenvalue weighted by atomic mass is 19.4. The lowest BCUT2D eigenvalue weighted by Gasteiger charge is -2.22. The topological polar surface area (TPSA) is 216 Å². The van der Waals surface area contributed by atoms with E-state index in [2.05, 4.69) is 20.3 Å².